The summed E-state index contributed by atoms with van der Waals surface area (Å²) in [5.41, 5.74) is 0.581. The second kappa shape index (κ2) is 7.77. The van der Waals surface area contributed by atoms with Gasteiger partial charge in [0.2, 0.25) is 5.76 Å². The fourth-order valence-corrected chi connectivity index (χ4v) is 3.75. The van der Waals surface area contributed by atoms with Gasteiger partial charge in [0.15, 0.2) is 11.2 Å². The van der Waals surface area contributed by atoms with Gasteiger partial charge in [-0.05, 0) is 26.7 Å². The molecule has 0 bridgehead atoms. The van der Waals surface area contributed by atoms with Crippen molar-refractivity contribution in [3.63, 3.8) is 0 Å². The Hall–Kier alpha value is -2.22. The molecule has 0 radical (unpaired) electrons. The summed E-state index contributed by atoms with van der Waals surface area (Å²) >= 11 is 1.41. The highest BCUT2D eigenvalue weighted by atomic mass is 32.1. The molecule has 1 fully saturated rings. The smallest absolute Gasteiger partial charge is 0.377 e. The van der Waals surface area contributed by atoms with Crippen LogP contribution < -0.4 is 4.90 Å². The Morgan fingerprint density at radius 1 is 1.36 bits per heavy atom. The highest BCUT2D eigenvalue weighted by Gasteiger charge is 2.33. The number of nitrogens with zero attached hydrogens (tertiary/aromatic N) is 3. The van der Waals surface area contributed by atoms with Crippen LogP contribution in [0.15, 0.2) is 22.2 Å². The molecule has 1 amide bonds. The number of aromatic nitrogens is 2. The van der Waals surface area contributed by atoms with Gasteiger partial charge >= 0.3 is 5.97 Å². The van der Waals surface area contributed by atoms with E-state index in [1.54, 1.807) is 24.9 Å². The number of esters is 1. The van der Waals surface area contributed by atoms with Crippen LogP contribution in [-0.4, -0.2) is 34.2 Å². The predicted molar refractivity (Wildman–Crippen MR) is 92.6 cm³/mol. The van der Waals surface area contributed by atoms with E-state index in [0.29, 0.717) is 10.8 Å². The Morgan fingerprint density at radius 3 is 2.72 bits per heavy atom. The van der Waals surface area contributed by atoms with Gasteiger partial charge in [0.25, 0.3) is 5.91 Å². The minimum Gasteiger partial charge on any atom is -0.447 e. The monoisotopic (exact) mass is 363 g/mol. The minimum atomic E-state index is -0.927. The predicted octanol–water partition coefficient (Wildman–Crippen LogP) is 3.35. The molecule has 1 aliphatic rings. The van der Waals surface area contributed by atoms with Crippen molar-refractivity contribution < 1.29 is 18.8 Å². The lowest BCUT2D eigenvalue weighted by molar-refractivity contribution is -0.127. The topological polar surface area (TPSA) is 85.5 Å². The van der Waals surface area contributed by atoms with E-state index in [2.05, 4.69) is 10.1 Å². The van der Waals surface area contributed by atoms with Crippen molar-refractivity contribution in [2.75, 3.05) is 4.90 Å². The normalized spacial score (nSPS) is 16.4. The molecule has 134 valence electrons. The lowest BCUT2D eigenvalue weighted by Gasteiger charge is -2.33. The van der Waals surface area contributed by atoms with Crippen LogP contribution in [0.2, 0.25) is 0 Å². The lowest BCUT2D eigenvalue weighted by Crippen LogP contribution is -2.47. The summed E-state index contributed by atoms with van der Waals surface area (Å²) in [5, 5.41) is 6.15. The highest BCUT2D eigenvalue weighted by Crippen LogP contribution is 2.29. The SMILES string of the molecule is Cc1cc(C(=O)O[C@H](C)C(=O)N(c2nccs2)C2CCCCC2)on1. The maximum Gasteiger partial charge on any atom is 0.377 e. The molecule has 25 heavy (non-hydrogen) atoms. The second-order valence-corrected chi connectivity index (χ2v) is 7.07. The minimum absolute atomic E-state index is 0.00406. The van der Waals surface area contributed by atoms with Crippen molar-refractivity contribution in [1.29, 1.82) is 0 Å². The van der Waals surface area contributed by atoms with Crippen LogP contribution in [-0.2, 0) is 9.53 Å². The third kappa shape index (κ3) is 4.07. The van der Waals surface area contributed by atoms with E-state index in [-0.39, 0.29) is 17.7 Å². The summed E-state index contributed by atoms with van der Waals surface area (Å²) in [7, 11) is 0. The van der Waals surface area contributed by atoms with Crippen molar-refractivity contribution >= 4 is 28.3 Å². The number of aryl methyl sites for hydroxylation is 1. The van der Waals surface area contributed by atoms with Gasteiger partial charge in [-0.1, -0.05) is 24.4 Å². The molecular formula is C17H21N3O4S. The Morgan fingerprint density at radius 2 is 2.12 bits per heavy atom. The molecule has 0 saturated heterocycles. The summed E-state index contributed by atoms with van der Waals surface area (Å²) in [6.45, 7) is 3.29. The van der Waals surface area contributed by atoms with E-state index in [1.807, 2.05) is 5.38 Å². The van der Waals surface area contributed by atoms with Crippen LogP contribution in [0.4, 0.5) is 5.13 Å². The van der Waals surface area contributed by atoms with Crippen LogP contribution in [0.25, 0.3) is 0 Å². The van der Waals surface area contributed by atoms with Crippen LogP contribution in [0.5, 0.6) is 0 Å². The molecule has 1 aliphatic carbocycles. The molecule has 0 aliphatic heterocycles. The van der Waals surface area contributed by atoms with Crippen LogP contribution in [0, 0.1) is 6.92 Å². The van der Waals surface area contributed by atoms with Crippen molar-refractivity contribution in [1.82, 2.24) is 10.1 Å². The molecule has 7 nitrogen and oxygen atoms in total. The maximum absolute atomic E-state index is 13.0. The lowest BCUT2D eigenvalue weighted by atomic mass is 9.94. The number of amides is 1. The van der Waals surface area contributed by atoms with E-state index in [9.17, 15) is 9.59 Å². The first-order valence-electron chi connectivity index (χ1n) is 8.43. The van der Waals surface area contributed by atoms with Crippen molar-refractivity contribution in [2.24, 2.45) is 0 Å². The van der Waals surface area contributed by atoms with Gasteiger partial charge in [0, 0.05) is 23.7 Å². The Balaban J connectivity index is 1.73. The van der Waals surface area contributed by atoms with Crippen molar-refractivity contribution in [3.05, 3.63) is 29.1 Å². The number of hydrogen-bond acceptors (Lipinski definition) is 7. The van der Waals surface area contributed by atoms with Gasteiger partial charge < -0.3 is 9.26 Å². The molecule has 1 saturated carbocycles. The number of hydrogen-bond donors (Lipinski definition) is 0. The molecule has 0 unspecified atom stereocenters. The summed E-state index contributed by atoms with van der Waals surface area (Å²) in [6, 6.07) is 1.58. The van der Waals surface area contributed by atoms with Gasteiger partial charge in [-0.3, -0.25) is 9.69 Å². The third-order valence-electron chi connectivity index (χ3n) is 4.26. The first-order chi connectivity index (χ1) is 12.1. The number of carbonyl (C=O) groups is 2. The Kier molecular flexibility index (Phi) is 5.47. The number of ether oxygens (including phenoxy) is 1. The van der Waals surface area contributed by atoms with Gasteiger partial charge in [-0.15, -0.1) is 11.3 Å². The fraction of sp³-hybridized carbons (Fsp3) is 0.529. The van der Waals surface area contributed by atoms with Crippen LogP contribution >= 0.6 is 11.3 Å². The van der Waals surface area contributed by atoms with Gasteiger partial charge in [0.1, 0.15) is 0 Å². The number of carbonyl (C=O) groups excluding carboxylic acids is 2. The van der Waals surface area contributed by atoms with E-state index in [1.165, 1.54) is 23.8 Å². The number of thiazole rings is 1. The second-order valence-electron chi connectivity index (χ2n) is 6.19. The molecule has 2 heterocycles. The molecule has 8 heteroatoms. The van der Waals surface area contributed by atoms with Crippen molar-refractivity contribution in [3.8, 4) is 0 Å². The summed E-state index contributed by atoms with van der Waals surface area (Å²) in [5.74, 6) is -0.953. The zero-order valence-corrected chi connectivity index (χ0v) is 15.1. The van der Waals surface area contributed by atoms with Crippen LogP contribution in [0.1, 0.15) is 55.3 Å². The Labute approximate surface area is 150 Å². The molecule has 2 aromatic heterocycles. The van der Waals surface area contributed by atoms with Crippen LogP contribution in [0.3, 0.4) is 0 Å². The third-order valence-corrected chi connectivity index (χ3v) is 5.03. The number of rotatable bonds is 5. The van der Waals surface area contributed by atoms with Gasteiger partial charge in [-0.25, -0.2) is 9.78 Å². The molecule has 0 spiro atoms. The number of anilines is 1. The average molecular weight is 363 g/mol. The highest BCUT2D eigenvalue weighted by molar-refractivity contribution is 7.13. The molecule has 3 rings (SSSR count). The zero-order valence-electron chi connectivity index (χ0n) is 14.3. The zero-order chi connectivity index (χ0) is 17.8. The van der Waals surface area contributed by atoms with Gasteiger partial charge in [-0.2, -0.15) is 0 Å². The van der Waals surface area contributed by atoms with E-state index < -0.39 is 12.1 Å². The molecule has 0 N–H and O–H groups in total. The first kappa shape index (κ1) is 17.6. The fourth-order valence-electron chi connectivity index (χ4n) is 3.03. The van der Waals surface area contributed by atoms with Gasteiger partial charge in [0.05, 0.1) is 5.69 Å². The summed E-state index contributed by atoms with van der Waals surface area (Å²) in [4.78, 5) is 31.1. The van der Waals surface area contributed by atoms with E-state index in [0.717, 1.165) is 25.7 Å². The molecule has 2 aromatic rings. The van der Waals surface area contributed by atoms with E-state index >= 15 is 0 Å². The molecule has 0 aromatic carbocycles. The molecular weight excluding hydrogens is 342 g/mol. The first-order valence-corrected chi connectivity index (χ1v) is 9.31. The summed E-state index contributed by atoms with van der Waals surface area (Å²) < 4.78 is 10.2. The largest absolute Gasteiger partial charge is 0.447 e. The quantitative estimate of drug-likeness (QED) is 0.757. The molecule has 1 atom stereocenters. The van der Waals surface area contributed by atoms with E-state index in [4.69, 9.17) is 9.26 Å². The van der Waals surface area contributed by atoms with Crippen molar-refractivity contribution in [2.45, 2.75) is 58.1 Å². The Bertz CT molecular complexity index is 722. The summed E-state index contributed by atoms with van der Waals surface area (Å²) in [6.07, 6.45) is 5.99. The average Bonchev–Trinajstić information content (AvgIpc) is 3.28. The maximum atomic E-state index is 13.0. The standard InChI is InChI=1S/C17H21N3O4S/c1-11-10-14(24-19-11)16(22)23-12(2)15(21)20(17-18-8-9-25-17)13-6-4-3-5-7-13/h8-10,12-13H,3-7H2,1-2H3/t12-/m1/s1.